The second-order valence-electron chi connectivity index (χ2n) is 4.99. The molecular formula is C15H18ClN3O2S. The van der Waals surface area contributed by atoms with E-state index < -0.39 is 0 Å². The molecule has 1 aliphatic rings. The molecule has 1 aromatic heterocycles. The molecule has 0 unspecified atom stereocenters. The van der Waals surface area contributed by atoms with Gasteiger partial charge in [0.2, 0.25) is 0 Å². The van der Waals surface area contributed by atoms with Crippen molar-refractivity contribution >= 4 is 29.7 Å². The summed E-state index contributed by atoms with van der Waals surface area (Å²) in [5.41, 5.74) is 0.989. The maximum Gasteiger partial charge on any atom is 0.263 e. The predicted molar refractivity (Wildman–Crippen MR) is 90.0 cm³/mol. The van der Waals surface area contributed by atoms with Crippen LogP contribution in [0.1, 0.15) is 9.67 Å². The van der Waals surface area contributed by atoms with Gasteiger partial charge in [0.15, 0.2) is 0 Å². The predicted octanol–water partition coefficient (Wildman–Crippen LogP) is 2.19. The topological polar surface area (TPSA) is 63.2 Å². The first-order valence-corrected chi connectivity index (χ1v) is 7.67. The van der Waals surface area contributed by atoms with Crippen LogP contribution in [0, 0.1) is 5.92 Å². The van der Waals surface area contributed by atoms with Gasteiger partial charge in [-0.05, 0) is 24.3 Å². The third-order valence-corrected chi connectivity index (χ3v) is 4.53. The average molecular weight is 340 g/mol. The molecule has 1 fully saturated rings. The van der Waals surface area contributed by atoms with Crippen molar-refractivity contribution in [3.05, 3.63) is 35.3 Å². The normalized spacial score (nSPS) is 13.9. The minimum atomic E-state index is -0.0424. The van der Waals surface area contributed by atoms with Crippen LogP contribution in [0.15, 0.2) is 30.5 Å². The average Bonchev–Trinajstić information content (AvgIpc) is 2.95. The summed E-state index contributed by atoms with van der Waals surface area (Å²) < 4.78 is 5.13. The minimum Gasteiger partial charge on any atom is -0.497 e. The minimum absolute atomic E-state index is 0. The van der Waals surface area contributed by atoms with E-state index in [9.17, 15) is 4.79 Å². The number of methoxy groups -OCH3 is 1. The van der Waals surface area contributed by atoms with Crippen LogP contribution in [0.2, 0.25) is 0 Å². The van der Waals surface area contributed by atoms with Gasteiger partial charge in [-0.15, -0.1) is 23.7 Å². The number of nitrogens with zero attached hydrogens (tertiary/aromatic N) is 1. The Hall–Kier alpha value is -1.63. The van der Waals surface area contributed by atoms with Crippen LogP contribution in [-0.2, 0) is 0 Å². The number of ether oxygens (including phenoxy) is 1. The van der Waals surface area contributed by atoms with E-state index in [1.807, 2.05) is 24.3 Å². The van der Waals surface area contributed by atoms with Gasteiger partial charge in [0.05, 0.1) is 13.3 Å². The van der Waals surface area contributed by atoms with Crippen molar-refractivity contribution in [1.29, 1.82) is 0 Å². The quantitative estimate of drug-likeness (QED) is 0.876. The summed E-state index contributed by atoms with van der Waals surface area (Å²) in [7, 11) is 1.64. The van der Waals surface area contributed by atoms with E-state index in [-0.39, 0.29) is 18.3 Å². The van der Waals surface area contributed by atoms with E-state index in [0.29, 0.717) is 10.8 Å². The van der Waals surface area contributed by atoms with Crippen LogP contribution in [0.4, 0.5) is 0 Å². The van der Waals surface area contributed by atoms with Gasteiger partial charge in [0.25, 0.3) is 5.91 Å². The van der Waals surface area contributed by atoms with Gasteiger partial charge in [0.1, 0.15) is 15.6 Å². The summed E-state index contributed by atoms with van der Waals surface area (Å²) in [5.74, 6) is 1.32. The maximum absolute atomic E-state index is 12.1. The highest BCUT2D eigenvalue weighted by atomic mass is 35.5. The number of amides is 1. The first kappa shape index (κ1) is 16.7. The summed E-state index contributed by atoms with van der Waals surface area (Å²) in [5, 5.41) is 6.98. The maximum atomic E-state index is 12.1. The molecule has 118 valence electrons. The SMILES string of the molecule is COc1ccc(-c2ncc(C(=O)NCC3CNC3)s2)cc1.Cl. The molecule has 0 radical (unpaired) electrons. The molecule has 0 aliphatic carbocycles. The van der Waals surface area contributed by atoms with Crippen LogP contribution in [0.5, 0.6) is 5.75 Å². The molecule has 1 aliphatic heterocycles. The molecular weight excluding hydrogens is 322 g/mol. The Morgan fingerprint density at radius 2 is 2.14 bits per heavy atom. The van der Waals surface area contributed by atoms with Crippen LogP contribution in [-0.4, -0.2) is 37.6 Å². The molecule has 22 heavy (non-hydrogen) atoms. The Kier molecular flexibility index (Phi) is 5.76. The second kappa shape index (κ2) is 7.58. The van der Waals surface area contributed by atoms with Gasteiger partial charge in [-0.1, -0.05) is 0 Å². The van der Waals surface area contributed by atoms with E-state index in [4.69, 9.17) is 4.74 Å². The molecule has 7 heteroatoms. The standard InChI is InChI=1S/C15H17N3O2S.ClH/c1-20-12-4-2-11(3-5-12)15-18-9-13(21-15)14(19)17-8-10-6-16-7-10;/h2-5,9-10,16H,6-8H2,1H3,(H,17,19);1H. The van der Waals surface area contributed by atoms with Crippen molar-refractivity contribution < 1.29 is 9.53 Å². The van der Waals surface area contributed by atoms with E-state index in [1.54, 1.807) is 13.3 Å². The van der Waals surface area contributed by atoms with Crippen LogP contribution >= 0.6 is 23.7 Å². The summed E-state index contributed by atoms with van der Waals surface area (Å²) >= 11 is 1.41. The fourth-order valence-corrected chi connectivity index (χ4v) is 2.90. The number of hydrogen-bond acceptors (Lipinski definition) is 5. The molecule has 0 atom stereocenters. The summed E-state index contributed by atoms with van der Waals surface area (Å²) in [6, 6.07) is 7.67. The molecule has 1 amide bonds. The summed E-state index contributed by atoms with van der Waals surface area (Å²) in [6.07, 6.45) is 1.64. The highest BCUT2D eigenvalue weighted by Crippen LogP contribution is 2.26. The van der Waals surface area contributed by atoms with Crippen molar-refractivity contribution in [3.8, 4) is 16.3 Å². The number of halogens is 1. The number of thiazole rings is 1. The zero-order chi connectivity index (χ0) is 14.7. The molecule has 1 saturated heterocycles. The zero-order valence-electron chi connectivity index (χ0n) is 12.2. The molecule has 5 nitrogen and oxygen atoms in total. The molecule has 1 aromatic carbocycles. The van der Waals surface area contributed by atoms with E-state index in [1.165, 1.54) is 11.3 Å². The van der Waals surface area contributed by atoms with E-state index in [2.05, 4.69) is 15.6 Å². The highest BCUT2D eigenvalue weighted by Gasteiger charge is 2.18. The fourth-order valence-electron chi connectivity index (χ4n) is 2.06. The molecule has 0 bridgehead atoms. The van der Waals surface area contributed by atoms with E-state index >= 15 is 0 Å². The zero-order valence-corrected chi connectivity index (χ0v) is 13.8. The first-order valence-electron chi connectivity index (χ1n) is 6.85. The molecule has 3 rings (SSSR count). The molecule has 2 N–H and O–H groups in total. The Morgan fingerprint density at radius 1 is 1.41 bits per heavy atom. The van der Waals surface area contributed by atoms with Gasteiger partial charge in [0, 0.05) is 31.1 Å². The Labute approximate surface area is 139 Å². The lowest BCUT2D eigenvalue weighted by Crippen LogP contribution is -2.48. The summed E-state index contributed by atoms with van der Waals surface area (Å²) in [4.78, 5) is 17.0. The number of aromatic nitrogens is 1. The van der Waals surface area contributed by atoms with Crippen LogP contribution in [0.3, 0.4) is 0 Å². The number of rotatable bonds is 5. The van der Waals surface area contributed by atoms with Crippen molar-refractivity contribution in [2.45, 2.75) is 0 Å². The van der Waals surface area contributed by atoms with Crippen molar-refractivity contribution in [2.24, 2.45) is 5.92 Å². The monoisotopic (exact) mass is 339 g/mol. The van der Waals surface area contributed by atoms with E-state index in [0.717, 1.165) is 36.0 Å². The van der Waals surface area contributed by atoms with Gasteiger partial charge in [-0.3, -0.25) is 4.79 Å². The third-order valence-electron chi connectivity index (χ3n) is 3.48. The Bertz CT molecular complexity index is 626. The number of nitrogens with one attached hydrogen (secondary N) is 2. The van der Waals surface area contributed by atoms with Gasteiger partial charge in [-0.2, -0.15) is 0 Å². The Morgan fingerprint density at radius 3 is 2.73 bits per heavy atom. The first-order chi connectivity index (χ1) is 10.3. The number of benzene rings is 1. The van der Waals surface area contributed by atoms with Crippen molar-refractivity contribution in [3.63, 3.8) is 0 Å². The second-order valence-corrected chi connectivity index (χ2v) is 6.02. The van der Waals surface area contributed by atoms with Crippen molar-refractivity contribution in [1.82, 2.24) is 15.6 Å². The lowest BCUT2D eigenvalue weighted by atomic mass is 10.0. The number of hydrogen-bond donors (Lipinski definition) is 2. The summed E-state index contributed by atoms with van der Waals surface area (Å²) in [6.45, 7) is 2.70. The van der Waals surface area contributed by atoms with Gasteiger partial charge < -0.3 is 15.4 Å². The number of carbonyl (C=O) groups is 1. The van der Waals surface area contributed by atoms with Gasteiger partial charge >= 0.3 is 0 Å². The molecule has 2 heterocycles. The van der Waals surface area contributed by atoms with Crippen molar-refractivity contribution in [2.75, 3.05) is 26.7 Å². The molecule has 2 aromatic rings. The number of carbonyl (C=O) groups excluding carboxylic acids is 1. The van der Waals surface area contributed by atoms with Crippen LogP contribution in [0.25, 0.3) is 10.6 Å². The third kappa shape index (κ3) is 3.76. The Balaban J connectivity index is 0.00000176. The highest BCUT2D eigenvalue weighted by molar-refractivity contribution is 7.16. The fraction of sp³-hybridized carbons (Fsp3) is 0.333. The smallest absolute Gasteiger partial charge is 0.263 e. The largest absolute Gasteiger partial charge is 0.497 e. The molecule has 0 spiro atoms. The lowest BCUT2D eigenvalue weighted by Gasteiger charge is -2.26. The van der Waals surface area contributed by atoms with Crippen LogP contribution < -0.4 is 15.4 Å². The lowest BCUT2D eigenvalue weighted by molar-refractivity contribution is 0.0946. The van der Waals surface area contributed by atoms with Gasteiger partial charge in [-0.25, -0.2) is 4.98 Å². The molecule has 0 saturated carbocycles.